The molecule has 0 aliphatic carbocycles. The van der Waals surface area contributed by atoms with E-state index in [1.54, 1.807) is 36.4 Å². The first-order chi connectivity index (χ1) is 11.3. The van der Waals surface area contributed by atoms with Gasteiger partial charge in [0.2, 0.25) is 0 Å². The minimum absolute atomic E-state index is 0.260. The number of para-hydroxylation sites is 1. The number of carbonyl (C=O) groups is 1. The van der Waals surface area contributed by atoms with Crippen molar-refractivity contribution in [3.8, 4) is 23.0 Å². The Kier molecular flexibility index (Phi) is 3.42. The lowest BCUT2D eigenvalue weighted by Gasteiger charge is -2.21. The summed E-state index contributed by atoms with van der Waals surface area (Å²) in [6.45, 7) is 1.95. The van der Waals surface area contributed by atoms with Gasteiger partial charge >= 0.3 is 0 Å². The minimum Gasteiger partial charge on any atom is -0.486 e. The van der Waals surface area contributed by atoms with Crippen LogP contribution in [-0.4, -0.2) is 32.3 Å². The summed E-state index contributed by atoms with van der Waals surface area (Å²) in [6, 6.07) is 10.6. The Labute approximate surface area is 132 Å². The average Bonchev–Trinajstić information content (AvgIpc) is 2.61. The van der Waals surface area contributed by atoms with Gasteiger partial charge in [-0.05, 0) is 24.3 Å². The molecular formula is C17H15NO5. The number of benzene rings is 2. The zero-order valence-corrected chi connectivity index (χ0v) is 12.3. The van der Waals surface area contributed by atoms with Gasteiger partial charge in [-0.3, -0.25) is 4.79 Å². The molecule has 1 N–H and O–H groups in total. The third-order valence-electron chi connectivity index (χ3n) is 3.61. The Morgan fingerprint density at radius 3 is 2.43 bits per heavy atom. The molecular weight excluding hydrogens is 298 g/mol. The van der Waals surface area contributed by atoms with Crippen LogP contribution in [0.5, 0.6) is 23.0 Å². The molecule has 2 aromatic carbocycles. The van der Waals surface area contributed by atoms with Crippen LogP contribution >= 0.6 is 0 Å². The highest BCUT2D eigenvalue weighted by molar-refractivity contribution is 6.06. The Bertz CT molecular complexity index is 759. The molecule has 0 unspecified atom stereocenters. The first-order valence-corrected chi connectivity index (χ1v) is 7.41. The molecule has 23 heavy (non-hydrogen) atoms. The molecule has 0 radical (unpaired) electrons. The normalized spacial score (nSPS) is 15.0. The predicted octanol–water partition coefficient (Wildman–Crippen LogP) is 2.48. The van der Waals surface area contributed by atoms with Crippen LogP contribution in [0.15, 0.2) is 36.4 Å². The summed E-state index contributed by atoms with van der Waals surface area (Å²) in [7, 11) is 0. The van der Waals surface area contributed by atoms with Gasteiger partial charge in [0, 0.05) is 11.8 Å². The van der Waals surface area contributed by atoms with E-state index in [9.17, 15) is 4.79 Å². The highest BCUT2D eigenvalue weighted by Gasteiger charge is 2.21. The first kappa shape index (κ1) is 13.8. The number of rotatable bonds is 2. The highest BCUT2D eigenvalue weighted by Crippen LogP contribution is 2.35. The number of hydrogen-bond donors (Lipinski definition) is 1. The molecule has 0 aromatic heterocycles. The van der Waals surface area contributed by atoms with Crippen LogP contribution in [0.1, 0.15) is 10.4 Å². The van der Waals surface area contributed by atoms with Crippen LogP contribution in [0.4, 0.5) is 5.69 Å². The van der Waals surface area contributed by atoms with Crippen molar-refractivity contribution in [3.63, 3.8) is 0 Å². The maximum absolute atomic E-state index is 12.5. The molecule has 6 nitrogen and oxygen atoms in total. The summed E-state index contributed by atoms with van der Waals surface area (Å²) in [5.41, 5.74) is 1.07. The van der Waals surface area contributed by atoms with Crippen LogP contribution in [-0.2, 0) is 0 Å². The fourth-order valence-corrected chi connectivity index (χ4v) is 2.57. The summed E-state index contributed by atoms with van der Waals surface area (Å²) >= 11 is 0. The van der Waals surface area contributed by atoms with Crippen LogP contribution in [0, 0.1) is 0 Å². The van der Waals surface area contributed by atoms with Crippen LogP contribution in [0.3, 0.4) is 0 Å². The second-order valence-corrected chi connectivity index (χ2v) is 5.14. The molecule has 1 amide bonds. The van der Waals surface area contributed by atoms with Crippen molar-refractivity contribution in [3.05, 3.63) is 42.0 Å². The molecule has 0 saturated carbocycles. The van der Waals surface area contributed by atoms with Gasteiger partial charge < -0.3 is 24.3 Å². The molecule has 2 aromatic rings. The molecule has 0 fully saturated rings. The van der Waals surface area contributed by atoms with Crippen molar-refractivity contribution >= 4 is 11.6 Å². The largest absolute Gasteiger partial charge is 0.486 e. The number of nitrogens with one attached hydrogen (secondary N) is 1. The Hall–Kier alpha value is -2.89. The third-order valence-corrected chi connectivity index (χ3v) is 3.61. The van der Waals surface area contributed by atoms with E-state index in [0.717, 1.165) is 0 Å². The summed E-state index contributed by atoms with van der Waals surface area (Å²) in [4.78, 5) is 12.5. The van der Waals surface area contributed by atoms with Gasteiger partial charge in [-0.1, -0.05) is 6.07 Å². The molecule has 2 heterocycles. The van der Waals surface area contributed by atoms with E-state index >= 15 is 0 Å². The zero-order chi connectivity index (χ0) is 15.6. The molecule has 0 atom stereocenters. The smallest absolute Gasteiger partial charge is 0.259 e. The van der Waals surface area contributed by atoms with Gasteiger partial charge in [-0.2, -0.15) is 0 Å². The van der Waals surface area contributed by atoms with Gasteiger partial charge in [0.05, 0.1) is 5.56 Å². The third kappa shape index (κ3) is 2.63. The number of amides is 1. The van der Waals surface area contributed by atoms with E-state index in [-0.39, 0.29) is 5.91 Å². The fraction of sp³-hybridized carbons (Fsp3) is 0.235. The number of anilines is 1. The molecule has 0 spiro atoms. The van der Waals surface area contributed by atoms with Crippen molar-refractivity contribution in [2.45, 2.75) is 0 Å². The molecule has 118 valence electrons. The maximum Gasteiger partial charge on any atom is 0.259 e. The summed E-state index contributed by atoms with van der Waals surface area (Å²) < 4.78 is 22.1. The van der Waals surface area contributed by atoms with Crippen LogP contribution in [0.2, 0.25) is 0 Å². The number of fused-ring (bicyclic) bond motifs is 2. The molecule has 6 heteroatoms. The van der Waals surface area contributed by atoms with Crippen molar-refractivity contribution in [2.75, 3.05) is 31.7 Å². The minimum atomic E-state index is -0.260. The maximum atomic E-state index is 12.5. The molecule has 2 aliphatic rings. The summed E-state index contributed by atoms with van der Waals surface area (Å²) in [5.74, 6) is 2.12. The van der Waals surface area contributed by atoms with Crippen molar-refractivity contribution in [1.29, 1.82) is 0 Å². The first-order valence-electron chi connectivity index (χ1n) is 7.41. The van der Waals surface area contributed by atoms with E-state index in [1.807, 2.05) is 0 Å². The van der Waals surface area contributed by atoms with Crippen molar-refractivity contribution in [1.82, 2.24) is 0 Å². The number of carbonyl (C=O) groups excluding carboxylic acids is 1. The average molecular weight is 313 g/mol. The zero-order valence-electron chi connectivity index (χ0n) is 12.3. The molecule has 4 rings (SSSR count). The number of hydrogen-bond acceptors (Lipinski definition) is 5. The number of ether oxygens (including phenoxy) is 4. The molecule has 0 bridgehead atoms. The Balaban J connectivity index is 1.59. The molecule has 2 aliphatic heterocycles. The quantitative estimate of drug-likeness (QED) is 0.922. The van der Waals surface area contributed by atoms with E-state index in [4.69, 9.17) is 18.9 Å². The SMILES string of the molecule is O=C(Nc1ccc2c(c1)OCCO2)c1cccc2c1OCCO2. The van der Waals surface area contributed by atoms with Gasteiger partial charge in [0.25, 0.3) is 5.91 Å². The van der Waals surface area contributed by atoms with Gasteiger partial charge in [-0.25, -0.2) is 0 Å². The summed E-state index contributed by atoms with van der Waals surface area (Å²) in [5, 5.41) is 2.85. The predicted molar refractivity (Wildman–Crippen MR) is 82.8 cm³/mol. The lowest BCUT2D eigenvalue weighted by Crippen LogP contribution is -2.20. The second kappa shape index (κ2) is 5.72. The highest BCUT2D eigenvalue weighted by atomic mass is 16.6. The van der Waals surface area contributed by atoms with Crippen LogP contribution in [0.25, 0.3) is 0 Å². The van der Waals surface area contributed by atoms with Crippen molar-refractivity contribution < 1.29 is 23.7 Å². The Morgan fingerprint density at radius 1 is 0.826 bits per heavy atom. The van der Waals surface area contributed by atoms with Crippen LogP contribution < -0.4 is 24.3 Å². The van der Waals surface area contributed by atoms with Gasteiger partial charge in [0.1, 0.15) is 26.4 Å². The van der Waals surface area contributed by atoms with Gasteiger partial charge in [-0.15, -0.1) is 0 Å². The monoisotopic (exact) mass is 313 g/mol. The lowest BCUT2D eigenvalue weighted by molar-refractivity contribution is 0.101. The van der Waals surface area contributed by atoms with E-state index in [1.165, 1.54) is 0 Å². The fourth-order valence-electron chi connectivity index (χ4n) is 2.57. The van der Waals surface area contributed by atoms with Crippen molar-refractivity contribution in [2.24, 2.45) is 0 Å². The standard InChI is InChI=1S/C17H15NO5/c19-17(12-2-1-3-14-16(12)23-9-8-21-14)18-11-4-5-13-15(10-11)22-7-6-20-13/h1-5,10H,6-9H2,(H,18,19). The van der Waals surface area contributed by atoms with E-state index in [0.29, 0.717) is 60.7 Å². The lowest BCUT2D eigenvalue weighted by atomic mass is 10.1. The van der Waals surface area contributed by atoms with E-state index in [2.05, 4.69) is 5.32 Å². The Morgan fingerprint density at radius 2 is 1.57 bits per heavy atom. The second-order valence-electron chi connectivity index (χ2n) is 5.14. The topological polar surface area (TPSA) is 66.0 Å². The van der Waals surface area contributed by atoms with Gasteiger partial charge in [0.15, 0.2) is 23.0 Å². The summed E-state index contributed by atoms with van der Waals surface area (Å²) in [6.07, 6.45) is 0. The molecule has 0 saturated heterocycles. The van der Waals surface area contributed by atoms with E-state index < -0.39 is 0 Å².